The van der Waals surface area contributed by atoms with Gasteiger partial charge in [-0.1, -0.05) is 13.0 Å². The van der Waals surface area contributed by atoms with Crippen LogP contribution in [-0.2, 0) is 4.79 Å². The first-order chi connectivity index (χ1) is 8.58. The van der Waals surface area contributed by atoms with Gasteiger partial charge in [-0.3, -0.25) is 4.79 Å². The van der Waals surface area contributed by atoms with Crippen molar-refractivity contribution in [3.63, 3.8) is 0 Å². The Labute approximate surface area is 105 Å². The summed E-state index contributed by atoms with van der Waals surface area (Å²) in [6.07, 6.45) is 3.48. The lowest BCUT2D eigenvalue weighted by Crippen LogP contribution is -2.25. The van der Waals surface area contributed by atoms with Crippen molar-refractivity contribution in [2.45, 2.75) is 32.6 Å². The molecule has 0 aromatic heterocycles. The Kier molecular flexibility index (Phi) is 3.94. The van der Waals surface area contributed by atoms with Crippen LogP contribution in [0.2, 0.25) is 0 Å². The second-order valence-electron chi connectivity index (χ2n) is 4.93. The zero-order chi connectivity index (χ0) is 13.1. The highest BCUT2D eigenvalue weighted by molar-refractivity contribution is 5.75. The number of rotatable bonds is 2. The van der Waals surface area contributed by atoms with E-state index >= 15 is 0 Å². The van der Waals surface area contributed by atoms with E-state index in [4.69, 9.17) is 4.74 Å². The van der Waals surface area contributed by atoms with E-state index in [0.29, 0.717) is 5.92 Å². The molecule has 0 aliphatic heterocycles. The maximum absolute atomic E-state index is 13.3. The van der Waals surface area contributed by atoms with Gasteiger partial charge in [0.15, 0.2) is 11.6 Å². The largest absolute Gasteiger partial charge is 0.423 e. The summed E-state index contributed by atoms with van der Waals surface area (Å²) in [5, 5.41) is 0. The van der Waals surface area contributed by atoms with Crippen molar-refractivity contribution in [3.05, 3.63) is 29.8 Å². The zero-order valence-corrected chi connectivity index (χ0v) is 10.3. The Morgan fingerprint density at radius 3 is 2.56 bits per heavy atom. The summed E-state index contributed by atoms with van der Waals surface area (Å²) in [4.78, 5) is 11.8. The van der Waals surface area contributed by atoms with Crippen LogP contribution < -0.4 is 4.74 Å². The normalized spacial score (nSPS) is 23.7. The standard InChI is InChI=1S/C14H16F2O2/c1-9-5-7-10(8-6-9)14(17)18-12-4-2-3-11(15)13(12)16/h2-4,9-10H,5-8H2,1H3. The van der Waals surface area contributed by atoms with E-state index < -0.39 is 17.6 Å². The molecule has 4 heteroatoms. The minimum absolute atomic E-state index is 0.191. The number of halogens is 2. The summed E-state index contributed by atoms with van der Waals surface area (Å²) in [6.45, 7) is 2.15. The van der Waals surface area contributed by atoms with Gasteiger partial charge in [-0.05, 0) is 43.7 Å². The van der Waals surface area contributed by atoms with Crippen LogP contribution in [0.5, 0.6) is 5.75 Å². The molecule has 0 amide bonds. The Balaban J connectivity index is 2.01. The molecule has 0 N–H and O–H groups in total. The molecule has 0 atom stereocenters. The van der Waals surface area contributed by atoms with E-state index in [1.807, 2.05) is 0 Å². The second-order valence-corrected chi connectivity index (χ2v) is 4.93. The third-order valence-electron chi connectivity index (χ3n) is 3.48. The van der Waals surface area contributed by atoms with Gasteiger partial charge in [0.2, 0.25) is 5.82 Å². The molecule has 1 aliphatic rings. The van der Waals surface area contributed by atoms with Gasteiger partial charge < -0.3 is 4.74 Å². The Hall–Kier alpha value is -1.45. The van der Waals surface area contributed by atoms with Gasteiger partial charge in [0.05, 0.1) is 5.92 Å². The molecule has 18 heavy (non-hydrogen) atoms. The molecule has 1 aliphatic carbocycles. The van der Waals surface area contributed by atoms with Gasteiger partial charge in [0.25, 0.3) is 0 Å². The zero-order valence-electron chi connectivity index (χ0n) is 10.3. The van der Waals surface area contributed by atoms with Gasteiger partial charge in [-0.2, -0.15) is 4.39 Å². The first-order valence-corrected chi connectivity index (χ1v) is 6.23. The molecule has 98 valence electrons. The van der Waals surface area contributed by atoms with Gasteiger partial charge in [0, 0.05) is 0 Å². The number of carbonyl (C=O) groups is 1. The smallest absolute Gasteiger partial charge is 0.314 e. The first-order valence-electron chi connectivity index (χ1n) is 6.23. The van der Waals surface area contributed by atoms with E-state index in [9.17, 15) is 13.6 Å². The maximum Gasteiger partial charge on any atom is 0.314 e. The van der Waals surface area contributed by atoms with Crippen molar-refractivity contribution >= 4 is 5.97 Å². The van der Waals surface area contributed by atoms with Crippen molar-refractivity contribution in [1.82, 2.24) is 0 Å². The topological polar surface area (TPSA) is 26.3 Å². The van der Waals surface area contributed by atoms with Crippen LogP contribution in [-0.4, -0.2) is 5.97 Å². The van der Waals surface area contributed by atoms with E-state index in [1.165, 1.54) is 12.1 Å². The molecule has 0 spiro atoms. The number of hydrogen-bond acceptors (Lipinski definition) is 2. The predicted octanol–water partition coefficient (Wildman–Crippen LogP) is 3.70. The highest BCUT2D eigenvalue weighted by Crippen LogP contribution is 2.30. The first kappa shape index (κ1) is 13.0. The van der Waals surface area contributed by atoms with Crippen LogP contribution in [0.25, 0.3) is 0 Å². The van der Waals surface area contributed by atoms with Gasteiger partial charge >= 0.3 is 5.97 Å². The molecule has 1 fully saturated rings. The molecule has 2 nitrogen and oxygen atoms in total. The SMILES string of the molecule is CC1CCC(C(=O)Oc2cccc(F)c2F)CC1. The fourth-order valence-electron chi connectivity index (χ4n) is 2.25. The van der Waals surface area contributed by atoms with Crippen LogP contribution in [0.3, 0.4) is 0 Å². The molecule has 1 saturated carbocycles. The van der Waals surface area contributed by atoms with Gasteiger partial charge in [-0.15, -0.1) is 0 Å². The molecule has 0 unspecified atom stereocenters. The minimum atomic E-state index is -1.10. The number of esters is 1. The fourth-order valence-corrected chi connectivity index (χ4v) is 2.25. The quantitative estimate of drug-likeness (QED) is 0.594. The number of carbonyl (C=O) groups excluding carboxylic acids is 1. The van der Waals surface area contributed by atoms with E-state index in [0.717, 1.165) is 31.7 Å². The summed E-state index contributed by atoms with van der Waals surface area (Å²) in [5.74, 6) is -2.44. The highest BCUT2D eigenvalue weighted by atomic mass is 19.2. The fraction of sp³-hybridized carbons (Fsp3) is 0.500. The average Bonchev–Trinajstić information content (AvgIpc) is 2.36. The Morgan fingerprint density at radius 1 is 1.22 bits per heavy atom. The number of benzene rings is 1. The molecule has 1 aromatic rings. The summed E-state index contributed by atoms with van der Waals surface area (Å²) in [6, 6.07) is 3.58. The maximum atomic E-state index is 13.3. The molecule has 0 radical (unpaired) electrons. The third-order valence-corrected chi connectivity index (χ3v) is 3.48. The van der Waals surface area contributed by atoms with Crippen molar-refractivity contribution in [1.29, 1.82) is 0 Å². The molecular weight excluding hydrogens is 238 g/mol. The lowest BCUT2D eigenvalue weighted by Gasteiger charge is -2.24. The lowest BCUT2D eigenvalue weighted by molar-refractivity contribution is -0.140. The van der Waals surface area contributed by atoms with Crippen molar-refractivity contribution in [2.75, 3.05) is 0 Å². The molecule has 1 aromatic carbocycles. The van der Waals surface area contributed by atoms with E-state index in [1.54, 1.807) is 0 Å². The average molecular weight is 254 g/mol. The van der Waals surface area contributed by atoms with Crippen LogP contribution >= 0.6 is 0 Å². The summed E-state index contributed by atoms with van der Waals surface area (Å²) in [7, 11) is 0. The van der Waals surface area contributed by atoms with Crippen LogP contribution in [0.15, 0.2) is 18.2 Å². The third kappa shape index (κ3) is 2.86. The lowest BCUT2D eigenvalue weighted by atomic mass is 9.83. The predicted molar refractivity (Wildman–Crippen MR) is 63.1 cm³/mol. The summed E-state index contributed by atoms with van der Waals surface area (Å²) < 4.78 is 31.2. The summed E-state index contributed by atoms with van der Waals surface area (Å²) in [5.41, 5.74) is 0. The molecular formula is C14H16F2O2. The Bertz CT molecular complexity index is 437. The van der Waals surface area contributed by atoms with Crippen molar-refractivity contribution in [3.8, 4) is 5.75 Å². The monoisotopic (exact) mass is 254 g/mol. The van der Waals surface area contributed by atoms with Crippen molar-refractivity contribution < 1.29 is 18.3 Å². The van der Waals surface area contributed by atoms with Crippen molar-refractivity contribution in [2.24, 2.45) is 11.8 Å². The molecule has 0 saturated heterocycles. The highest BCUT2D eigenvalue weighted by Gasteiger charge is 2.26. The molecule has 0 bridgehead atoms. The van der Waals surface area contributed by atoms with Crippen LogP contribution in [0.4, 0.5) is 8.78 Å². The van der Waals surface area contributed by atoms with E-state index in [-0.39, 0.29) is 11.7 Å². The van der Waals surface area contributed by atoms with Crippen LogP contribution in [0.1, 0.15) is 32.6 Å². The second kappa shape index (κ2) is 5.46. The molecule has 2 rings (SSSR count). The van der Waals surface area contributed by atoms with E-state index in [2.05, 4.69) is 6.92 Å². The van der Waals surface area contributed by atoms with Gasteiger partial charge in [0.1, 0.15) is 0 Å². The Morgan fingerprint density at radius 2 is 1.89 bits per heavy atom. The number of ether oxygens (including phenoxy) is 1. The number of hydrogen-bond donors (Lipinski definition) is 0. The minimum Gasteiger partial charge on any atom is -0.423 e. The summed E-state index contributed by atoms with van der Waals surface area (Å²) >= 11 is 0. The van der Waals surface area contributed by atoms with Gasteiger partial charge in [-0.25, -0.2) is 4.39 Å². The van der Waals surface area contributed by atoms with Crippen LogP contribution in [0, 0.1) is 23.5 Å². The molecule has 0 heterocycles.